The third-order valence-corrected chi connectivity index (χ3v) is 2.86. The average molecular weight is 127 g/mol. The second kappa shape index (κ2) is 1.70. The molecule has 2 fully saturated rings. The molecule has 2 atom stereocenters. The van der Waals surface area contributed by atoms with Gasteiger partial charge in [0, 0.05) is 6.61 Å². The van der Waals surface area contributed by atoms with Crippen molar-refractivity contribution < 1.29 is 5.11 Å². The summed E-state index contributed by atoms with van der Waals surface area (Å²) in [4.78, 5) is 0. The van der Waals surface area contributed by atoms with E-state index < -0.39 is 0 Å². The third-order valence-electron chi connectivity index (χ3n) is 2.86. The van der Waals surface area contributed by atoms with Crippen LogP contribution in [0.25, 0.3) is 0 Å². The normalized spacial score (nSPS) is 48.3. The summed E-state index contributed by atoms with van der Waals surface area (Å²) in [6, 6.07) is 0. The van der Waals surface area contributed by atoms with Crippen molar-refractivity contribution in [1.29, 1.82) is 0 Å². The molecule has 2 aliphatic rings. The molecule has 0 aromatic carbocycles. The van der Waals surface area contributed by atoms with E-state index in [9.17, 15) is 0 Å². The van der Waals surface area contributed by atoms with Gasteiger partial charge in [0.25, 0.3) is 0 Å². The summed E-state index contributed by atoms with van der Waals surface area (Å²) in [5.74, 6) is 0.802. The largest absolute Gasteiger partial charge is 0.396 e. The Morgan fingerprint density at radius 2 is 2.56 bits per heavy atom. The lowest BCUT2D eigenvalue weighted by Crippen LogP contribution is -2.30. The van der Waals surface area contributed by atoms with E-state index in [1.165, 1.54) is 12.8 Å². The molecule has 0 radical (unpaired) electrons. The van der Waals surface area contributed by atoms with Gasteiger partial charge in [0.2, 0.25) is 0 Å². The van der Waals surface area contributed by atoms with E-state index in [0.29, 0.717) is 12.0 Å². The van der Waals surface area contributed by atoms with Gasteiger partial charge in [0.1, 0.15) is 0 Å². The highest BCUT2D eigenvalue weighted by Gasteiger charge is 2.54. The highest BCUT2D eigenvalue weighted by molar-refractivity contribution is 5.05. The molecule has 1 saturated heterocycles. The number of hydrogen-bond donors (Lipinski definition) is 2. The topological polar surface area (TPSA) is 32.3 Å². The summed E-state index contributed by atoms with van der Waals surface area (Å²) < 4.78 is 0. The van der Waals surface area contributed by atoms with E-state index in [4.69, 9.17) is 5.11 Å². The van der Waals surface area contributed by atoms with Crippen LogP contribution in [0.15, 0.2) is 0 Å². The van der Waals surface area contributed by atoms with Gasteiger partial charge in [-0.25, -0.2) is 0 Å². The molecule has 1 aliphatic heterocycles. The highest BCUT2D eigenvalue weighted by atomic mass is 16.3. The van der Waals surface area contributed by atoms with Crippen LogP contribution < -0.4 is 5.32 Å². The molecule has 0 spiro atoms. The van der Waals surface area contributed by atoms with Gasteiger partial charge in [-0.2, -0.15) is 0 Å². The molecule has 1 heterocycles. The van der Waals surface area contributed by atoms with Crippen LogP contribution in [0.2, 0.25) is 0 Å². The fraction of sp³-hybridized carbons (Fsp3) is 1.00. The summed E-state index contributed by atoms with van der Waals surface area (Å²) in [5.41, 5.74) is 0.380. The maximum Gasteiger partial charge on any atom is 0.0491 e. The van der Waals surface area contributed by atoms with E-state index in [0.717, 1.165) is 19.0 Å². The standard InChI is InChI=1S/C7H13NO/c9-5-7-1-2-8-4-6(7)3-7/h6,8-9H,1-5H2/t6-,7+/m0/s1. The second-order valence-electron chi connectivity index (χ2n) is 3.38. The molecule has 0 aromatic heterocycles. The molecule has 2 rings (SSSR count). The van der Waals surface area contributed by atoms with Crippen LogP contribution in [0.1, 0.15) is 12.8 Å². The highest BCUT2D eigenvalue weighted by Crippen LogP contribution is 2.55. The monoisotopic (exact) mass is 127 g/mol. The van der Waals surface area contributed by atoms with Crippen LogP contribution in [-0.2, 0) is 0 Å². The fourth-order valence-electron chi connectivity index (χ4n) is 1.91. The minimum absolute atomic E-state index is 0.380. The maximum atomic E-state index is 8.96. The zero-order valence-electron chi connectivity index (χ0n) is 5.56. The smallest absolute Gasteiger partial charge is 0.0491 e. The molecule has 1 saturated carbocycles. The molecular weight excluding hydrogens is 114 g/mol. The van der Waals surface area contributed by atoms with Gasteiger partial charge >= 0.3 is 0 Å². The van der Waals surface area contributed by atoms with Crippen molar-refractivity contribution in [2.45, 2.75) is 12.8 Å². The maximum absolute atomic E-state index is 8.96. The van der Waals surface area contributed by atoms with Crippen LogP contribution in [0.3, 0.4) is 0 Å². The summed E-state index contributed by atoms with van der Waals surface area (Å²) >= 11 is 0. The Morgan fingerprint density at radius 3 is 3.11 bits per heavy atom. The molecule has 0 unspecified atom stereocenters. The quantitative estimate of drug-likeness (QED) is 0.519. The molecule has 2 N–H and O–H groups in total. The van der Waals surface area contributed by atoms with Crippen molar-refractivity contribution in [2.75, 3.05) is 19.7 Å². The molecule has 9 heavy (non-hydrogen) atoms. The molecule has 0 amide bonds. The van der Waals surface area contributed by atoms with Crippen molar-refractivity contribution in [1.82, 2.24) is 5.32 Å². The lowest BCUT2D eigenvalue weighted by atomic mass is 9.98. The minimum atomic E-state index is 0.380. The van der Waals surface area contributed by atoms with Gasteiger partial charge in [-0.3, -0.25) is 0 Å². The van der Waals surface area contributed by atoms with Crippen molar-refractivity contribution >= 4 is 0 Å². The third kappa shape index (κ3) is 0.700. The Bertz CT molecular complexity index is 126. The Kier molecular flexibility index (Phi) is 1.08. The molecule has 2 nitrogen and oxygen atoms in total. The first-order valence-electron chi connectivity index (χ1n) is 3.69. The molecule has 52 valence electrons. The molecule has 1 aliphatic carbocycles. The average Bonchev–Trinajstić information content (AvgIpc) is 2.62. The van der Waals surface area contributed by atoms with Crippen LogP contribution in [0, 0.1) is 11.3 Å². The first-order valence-corrected chi connectivity index (χ1v) is 3.69. The Balaban J connectivity index is 2.01. The SMILES string of the molecule is OC[C@]12CCNC[C@@H]1C2. The Labute approximate surface area is 55.3 Å². The lowest BCUT2D eigenvalue weighted by molar-refractivity contribution is 0.176. The summed E-state index contributed by atoms with van der Waals surface area (Å²) in [5, 5.41) is 12.3. The van der Waals surface area contributed by atoms with Crippen molar-refractivity contribution in [2.24, 2.45) is 11.3 Å². The van der Waals surface area contributed by atoms with Gasteiger partial charge in [-0.15, -0.1) is 0 Å². The lowest BCUT2D eigenvalue weighted by Gasteiger charge is -2.19. The zero-order valence-corrected chi connectivity index (χ0v) is 5.56. The second-order valence-corrected chi connectivity index (χ2v) is 3.38. The number of piperidine rings is 1. The number of nitrogens with one attached hydrogen (secondary N) is 1. The number of aliphatic hydroxyl groups is 1. The van der Waals surface area contributed by atoms with Gasteiger partial charge in [0.15, 0.2) is 0 Å². The summed E-state index contributed by atoms with van der Waals surface area (Å²) in [6.45, 7) is 2.66. The molecule has 0 aromatic rings. The number of fused-ring (bicyclic) bond motifs is 1. The van der Waals surface area contributed by atoms with Crippen molar-refractivity contribution in [3.63, 3.8) is 0 Å². The van der Waals surface area contributed by atoms with Crippen LogP contribution >= 0.6 is 0 Å². The molecule has 2 heteroatoms. The van der Waals surface area contributed by atoms with Gasteiger partial charge in [-0.05, 0) is 37.3 Å². The first-order chi connectivity index (χ1) is 4.37. The fourth-order valence-corrected chi connectivity index (χ4v) is 1.91. The number of aliphatic hydroxyl groups excluding tert-OH is 1. The predicted molar refractivity (Wildman–Crippen MR) is 35.1 cm³/mol. The number of hydrogen-bond acceptors (Lipinski definition) is 2. The van der Waals surface area contributed by atoms with E-state index >= 15 is 0 Å². The molecule has 0 bridgehead atoms. The van der Waals surface area contributed by atoms with Crippen molar-refractivity contribution in [3.05, 3.63) is 0 Å². The van der Waals surface area contributed by atoms with E-state index in [-0.39, 0.29) is 0 Å². The zero-order chi connectivity index (χ0) is 6.32. The van der Waals surface area contributed by atoms with E-state index in [1.54, 1.807) is 0 Å². The van der Waals surface area contributed by atoms with E-state index in [2.05, 4.69) is 5.32 Å². The van der Waals surface area contributed by atoms with Gasteiger partial charge < -0.3 is 10.4 Å². The summed E-state index contributed by atoms with van der Waals surface area (Å²) in [6.07, 6.45) is 2.45. The minimum Gasteiger partial charge on any atom is -0.396 e. The first kappa shape index (κ1) is 5.69. The summed E-state index contributed by atoms with van der Waals surface area (Å²) in [7, 11) is 0. The molecular formula is C7H13NO. The van der Waals surface area contributed by atoms with Crippen LogP contribution in [0.5, 0.6) is 0 Å². The van der Waals surface area contributed by atoms with E-state index in [1.807, 2.05) is 0 Å². The number of rotatable bonds is 1. The van der Waals surface area contributed by atoms with Crippen molar-refractivity contribution in [3.8, 4) is 0 Å². The predicted octanol–water partition coefficient (Wildman–Crippen LogP) is -0.0217. The van der Waals surface area contributed by atoms with Crippen LogP contribution in [-0.4, -0.2) is 24.8 Å². The Hall–Kier alpha value is -0.0800. The Morgan fingerprint density at radius 1 is 1.67 bits per heavy atom. The van der Waals surface area contributed by atoms with Crippen LogP contribution in [0.4, 0.5) is 0 Å². The van der Waals surface area contributed by atoms with Gasteiger partial charge in [-0.1, -0.05) is 0 Å². The van der Waals surface area contributed by atoms with Gasteiger partial charge in [0.05, 0.1) is 0 Å².